The third kappa shape index (κ3) is 21.7. The van der Waals surface area contributed by atoms with Crippen LogP contribution in [0.3, 0.4) is 0 Å². The molecule has 16 heteroatoms. The van der Waals surface area contributed by atoms with Crippen molar-refractivity contribution in [2.45, 2.75) is 0 Å². The Bertz CT molecular complexity index is 8070. The second-order valence-electron chi connectivity index (χ2n) is 31.1. The second kappa shape index (κ2) is 45.6. The summed E-state index contributed by atoms with van der Waals surface area (Å²) in [5, 5.41) is 18.6. The Kier molecular flexibility index (Phi) is 31.1. The first-order chi connectivity index (χ1) is 66.8. The van der Waals surface area contributed by atoms with Gasteiger partial charge in [0.15, 0.2) is 17.3 Å². The van der Waals surface area contributed by atoms with Gasteiger partial charge in [-0.3, -0.25) is 32.5 Å². The Morgan fingerprint density at radius 2 is 0.703 bits per heavy atom. The Labute approximate surface area is 843 Å². The van der Waals surface area contributed by atoms with Gasteiger partial charge in [0, 0.05) is 75.7 Å². The summed E-state index contributed by atoms with van der Waals surface area (Å²) >= 11 is 0. The minimum atomic E-state index is 0. The summed E-state index contributed by atoms with van der Waals surface area (Å²) < 4.78 is 16.1. The zero-order chi connectivity index (χ0) is 91.3. The van der Waals surface area contributed by atoms with Gasteiger partial charge in [-0.05, 0) is 145 Å². The van der Waals surface area contributed by atoms with Crippen LogP contribution in [0.15, 0.2) is 474 Å². The maximum absolute atomic E-state index is 6.69. The van der Waals surface area contributed by atoms with E-state index in [0.717, 1.165) is 135 Å². The van der Waals surface area contributed by atoms with Crippen molar-refractivity contribution in [1.29, 1.82) is 0 Å². The summed E-state index contributed by atoms with van der Waals surface area (Å²) in [4.78, 5) is 16.0. The molecule has 24 rings (SSSR count). The first-order valence-corrected chi connectivity index (χ1v) is 43.8. The van der Waals surface area contributed by atoms with Crippen LogP contribution in [-0.4, -0.2) is 53.4 Å². The van der Waals surface area contributed by atoms with Crippen molar-refractivity contribution in [3.8, 4) is 131 Å². The van der Waals surface area contributed by atoms with E-state index in [1.807, 2.05) is 257 Å². The molecule has 664 valence electrons. The third-order valence-electron chi connectivity index (χ3n) is 22.6. The monoisotopic (exact) mass is 2050 g/mol. The first kappa shape index (κ1) is 94.2. The van der Waals surface area contributed by atoms with E-state index in [4.69, 9.17) is 29.1 Å². The largest absolute Gasteiger partial charge is 2.00 e. The van der Waals surface area contributed by atoms with Crippen molar-refractivity contribution in [3.63, 3.8) is 0 Å². The molecule has 138 heavy (non-hydrogen) atoms. The molecule has 23 aromatic rings. The predicted octanol–water partition coefficient (Wildman–Crippen LogP) is 28.4. The van der Waals surface area contributed by atoms with Crippen LogP contribution in [0.1, 0.15) is 16.7 Å². The molecule has 0 fully saturated rings. The quantitative estimate of drug-likeness (QED) is 0.0637. The number of benzene rings is 15. The molecular weight excluding hydrogens is 1970 g/mol. The fourth-order valence-corrected chi connectivity index (χ4v) is 16.0. The summed E-state index contributed by atoms with van der Waals surface area (Å²) in [6.07, 6.45) is 32.1. The average molecular weight is 2050 g/mol. The Morgan fingerprint density at radius 1 is 0.304 bits per heavy atom. The van der Waals surface area contributed by atoms with Crippen LogP contribution in [0, 0.1) is 61.3 Å². The Hall–Kier alpha value is -17.0. The molecule has 0 amide bonds. The molecule has 0 saturated heterocycles. The van der Waals surface area contributed by atoms with E-state index in [1.54, 1.807) is 12.3 Å². The maximum Gasteiger partial charge on any atom is 2.00 e. The van der Waals surface area contributed by atoms with Crippen LogP contribution in [-0.2, 0) is 61.3 Å². The third-order valence-corrected chi connectivity index (χ3v) is 22.6. The number of anilines is 3. The zero-order valence-corrected chi connectivity index (χ0v) is 78.6. The minimum Gasteiger partial charge on any atom is -0.451 e. The number of hydrogen-bond acceptors (Lipinski definition) is 8. The molecule has 0 aliphatic carbocycles. The van der Waals surface area contributed by atoms with Crippen LogP contribution in [0.4, 0.5) is 17.2 Å². The van der Waals surface area contributed by atoms with E-state index < -0.39 is 0 Å². The van der Waals surface area contributed by atoms with Crippen LogP contribution < -0.4 is 9.64 Å². The molecular formula is C122H80N12OPd3. The number of ether oxygens (including phenoxy) is 1. The number of hydrogen-bond donors (Lipinski definition) is 0. The molecule has 0 saturated carbocycles. The van der Waals surface area contributed by atoms with Crippen LogP contribution in [0.5, 0.6) is 11.5 Å². The molecule has 9 heterocycles. The summed E-state index contributed by atoms with van der Waals surface area (Å²) in [5.41, 5.74) is 26.0. The molecule has 0 N–H and O–H groups in total. The van der Waals surface area contributed by atoms with Gasteiger partial charge in [-0.15, -0.1) is 83.7 Å². The van der Waals surface area contributed by atoms with Crippen molar-refractivity contribution in [3.05, 3.63) is 529 Å². The number of aromatic nitrogens is 11. The molecule has 8 aromatic heterocycles. The number of pyridine rings is 3. The molecule has 13 nitrogen and oxygen atoms in total. The maximum atomic E-state index is 6.69. The van der Waals surface area contributed by atoms with Crippen LogP contribution in [0.2, 0.25) is 0 Å². The molecule has 0 unspecified atom stereocenters. The summed E-state index contributed by atoms with van der Waals surface area (Å²) in [7, 11) is 0. The van der Waals surface area contributed by atoms with Crippen LogP contribution in [0.25, 0.3) is 145 Å². The van der Waals surface area contributed by atoms with Crippen molar-refractivity contribution >= 4 is 67.0 Å². The predicted molar refractivity (Wildman–Crippen MR) is 545 cm³/mol. The van der Waals surface area contributed by atoms with Crippen molar-refractivity contribution in [2.24, 2.45) is 0 Å². The van der Waals surface area contributed by atoms with E-state index >= 15 is 0 Å². The molecule has 0 radical (unpaired) electrons. The van der Waals surface area contributed by atoms with Gasteiger partial charge in [-0.1, -0.05) is 290 Å². The number of para-hydroxylation sites is 4. The van der Waals surface area contributed by atoms with E-state index in [-0.39, 0.29) is 61.3 Å². The standard InChI is InChI=1S/C32H21N4O.2C32H21N4.C10H5.C8H7.C8H5.3Pd/c1-2-8-23(9-3-1)24-15-17-25(18-16-24)26-21-34-35(22-26)27-10-6-11-28(20-27)36-29-12-4-5-13-30(29)37-31-14-7-19-33-32(31)36;1-2-8-23(9-3-1)24-15-17-25(18-16-24)26-21-34-35(22-26)27-10-6-11-28(20-27)36-31-14-5-4-12-29(31)30-13-7-19-33-32(30)36;1-2-8-23(9-3-1)24-13-15-25(16-14-24)26-21-34-35(22-26)27-17-18-29-28-10-4-5-11-30(28)36(31(29)20-27)32-12-6-7-19-33-32;1-2-3-7-10-8-5-4-6-9-10;2*1-2-8-6-4-3-5-7-8;;;/h1-19,21-22H;2*1-19,21-22H;4-6,8-9H;1-7H;3-7H;;;/q6*-1;3*+2. The van der Waals surface area contributed by atoms with Crippen molar-refractivity contribution in [2.75, 3.05) is 4.90 Å². The summed E-state index contributed by atoms with van der Waals surface area (Å²) in [6, 6.07) is 151. The van der Waals surface area contributed by atoms with Gasteiger partial charge in [0.2, 0.25) is 0 Å². The van der Waals surface area contributed by atoms with Gasteiger partial charge in [-0.2, -0.15) is 45.0 Å². The van der Waals surface area contributed by atoms with E-state index in [0.29, 0.717) is 5.75 Å². The fourth-order valence-electron chi connectivity index (χ4n) is 16.0. The van der Waals surface area contributed by atoms with Gasteiger partial charge in [0.05, 0.1) is 29.8 Å². The SMILES string of the molecule is [C-]#CC#Cc1ccccc1.[C-]#Cc1ccccc1.[CH-]=Cc1ccccc1.[Pd+2].[Pd+2].[Pd+2].[c-]1c(-n2cc(-c3ccc(-c4ccccc4)cc3)cn2)ccc2c3ccccc3n(-c3ccccn3)c12.[c-]1c(-n2cc(-c3ccc(-c4ccccc4)cc3)cn2)cccc1-n1c2ccccc2c2cccnc21.[c-]1c(N2c3ccccc3Oc3cccnc32)cccc1-n1cc(-c2ccc(-c3ccccc3)cc2)cn1. The van der Waals surface area contributed by atoms with Crippen LogP contribution >= 0.6 is 0 Å². The molecule has 0 atom stereocenters. The van der Waals surface area contributed by atoms with Gasteiger partial charge in [0.25, 0.3) is 0 Å². The molecule has 0 bridgehead atoms. The molecule has 1 aliphatic rings. The summed E-state index contributed by atoms with van der Waals surface area (Å²) in [5.74, 6) is 12.6. The summed E-state index contributed by atoms with van der Waals surface area (Å²) in [6.45, 7) is 5.22. The number of nitrogens with zero attached hydrogens (tertiary/aromatic N) is 12. The molecule has 15 aromatic carbocycles. The minimum absolute atomic E-state index is 0. The van der Waals surface area contributed by atoms with Gasteiger partial charge in [-0.25, -0.2) is 26.9 Å². The topological polar surface area (TPSA) is 114 Å². The van der Waals surface area contributed by atoms with Crippen molar-refractivity contribution in [1.82, 2.24) is 53.4 Å². The number of fused-ring (bicyclic) bond motifs is 8. The fraction of sp³-hybridized carbons (Fsp3) is 0. The van der Waals surface area contributed by atoms with E-state index in [2.05, 4.69) is 306 Å². The van der Waals surface area contributed by atoms with Gasteiger partial charge < -0.3 is 31.6 Å². The molecule has 0 spiro atoms. The van der Waals surface area contributed by atoms with E-state index in [1.165, 1.54) is 44.2 Å². The zero-order valence-electron chi connectivity index (χ0n) is 73.9. The number of rotatable bonds is 13. The first-order valence-electron chi connectivity index (χ1n) is 43.8. The average Bonchev–Trinajstić information content (AvgIpc) is 1.59. The van der Waals surface area contributed by atoms with Gasteiger partial charge >= 0.3 is 61.3 Å². The molecule has 1 aliphatic heterocycles. The smallest absolute Gasteiger partial charge is 0.451 e. The van der Waals surface area contributed by atoms with Crippen molar-refractivity contribution < 1.29 is 66.0 Å². The van der Waals surface area contributed by atoms with E-state index in [9.17, 15) is 0 Å². The van der Waals surface area contributed by atoms with Gasteiger partial charge in [0.1, 0.15) is 11.5 Å². The Morgan fingerprint density at radius 3 is 1.20 bits per heavy atom. The second-order valence-corrected chi connectivity index (χ2v) is 31.1. The Balaban J connectivity index is 0.000000131. The normalized spacial score (nSPS) is 10.6.